The third kappa shape index (κ3) is 1.37. The van der Waals surface area contributed by atoms with Gasteiger partial charge in [0.2, 0.25) is 0 Å². The van der Waals surface area contributed by atoms with Crippen molar-refractivity contribution in [3.63, 3.8) is 0 Å². The third-order valence-corrected chi connectivity index (χ3v) is 3.56. The van der Waals surface area contributed by atoms with Crippen LogP contribution in [-0.2, 0) is 4.79 Å². The van der Waals surface area contributed by atoms with Gasteiger partial charge in [0.05, 0.1) is 0 Å². The zero-order valence-electron chi connectivity index (χ0n) is 8.18. The number of fused-ring (bicyclic) bond motifs is 1. The summed E-state index contributed by atoms with van der Waals surface area (Å²) in [4.78, 5) is 11.3. The van der Waals surface area contributed by atoms with Gasteiger partial charge in [-0.2, -0.15) is 0 Å². The van der Waals surface area contributed by atoms with Crippen molar-refractivity contribution in [1.82, 2.24) is 0 Å². The fourth-order valence-electron chi connectivity index (χ4n) is 2.64. The predicted octanol–water partition coefficient (Wildman–Crippen LogP) is 2.88. The number of rotatable bonds is 0. The maximum atomic E-state index is 11.3. The van der Waals surface area contributed by atoms with Crippen LogP contribution < -0.4 is 0 Å². The van der Waals surface area contributed by atoms with Crippen LogP contribution in [0.5, 0.6) is 0 Å². The van der Waals surface area contributed by atoms with Crippen molar-refractivity contribution in [1.29, 1.82) is 0 Å². The van der Waals surface area contributed by atoms with E-state index in [1.54, 1.807) is 6.08 Å². The lowest BCUT2D eigenvalue weighted by Gasteiger charge is -2.42. The molecule has 0 saturated heterocycles. The number of carbonyl (C=O) groups is 1. The van der Waals surface area contributed by atoms with Crippen molar-refractivity contribution in [2.75, 3.05) is 0 Å². The van der Waals surface area contributed by atoms with Gasteiger partial charge in [-0.25, -0.2) is 0 Å². The van der Waals surface area contributed by atoms with Crippen LogP contribution in [0.1, 0.15) is 32.6 Å². The molecule has 0 spiro atoms. The van der Waals surface area contributed by atoms with E-state index in [2.05, 4.69) is 19.6 Å². The molecule has 0 heterocycles. The van der Waals surface area contributed by atoms with Gasteiger partial charge in [-0.05, 0) is 36.7 Å². The quantitative estimate of drug-likeness (QED) is 0.519. The minimum absolute atomic E-state index is 0.225. The van der Waals surface area contributed by atoms with Crippen molar-refractivity contribution in [2.45, 2.75) is 32.6 Å². The van der Waals surface area contributed by atoms with Crippen LogP contribution in [-0.4, -0.2) is 5.78 Å². The highest BCUT2D eigenvalue weighted by Gasteiger charge is 2.39. The molecule has 2 atom stereocenters. The van der Waals surface area contributed by atoms with Gasteiger partial charge in [0.15, 0.2) is 5.78 Å². The predicted molar refractivity (Wildman–Crippen MR) is 53.4 cm³/mol. The number of ketones is 1. The highest BCUT2D eigenvalue weighted by molar-refractivity contribution is 5.91. The molecule has 0 aliphatic heterocycles. The van der Waals surface area contributed by atoms with E-state index in [4.69, 9.17) is 0 Å². The third-order valence-electron chi connectivity index (χ3n) is 3.56. The molecule has 1 saturated carbocycles. The molecule has 1 nitrogen and oxygen atoms in total. The van der Waals surface area contributed by atoms with E-state index in [-0.39, 0.29) is 11.2 Å². The molecule has 0 amide bonds. The Bertz CT molecular complexity index is 287. The van der Waals surface area contributed by atoms with E-state index in [0.717, 1.165) is 6.42 Å². The number of carbonyl (C=O) groups excluding carboxylic acids is 1. The molecule has 0 aromatic rings. The zero-order chi connectivity index (χ0) is 9.47. The Morgan fingerprint density at radius 1 is 1.62 bits per heavy atom. The summed E-state index contributed by atoms with van der Waals surface area (Å²) >= 11 is 0. The summed E-state index contributed by atoms with van der Waals surface area (Å²) in [5, 5.41) is 0. The van der Waals surface area contributed by atoms with Gasteiger partial charge in [-0.15, -0.1) is 0 Å². The van der Waals surface area contributed by atoms with E-state index >= 15 is 0 Å². The Labute approximate surface area is 79.5 Å². The van der Waals surface area contributed by atoms with E-state index < -0.39 is 0 Å². The average Bonchev–Trinajstić information content (AvgIpc) is 2.08. The molecule has 2 aliphatic carbocycles. The van der Waals surface area contributed by atoms with Crippen LogP contribution >= 0.6 is 0 Å². The first-order valence-corrected chi connectivity index (χ1v) is 5.01. The lowest BCUT2D eigenvalue weighted by atomic mass is 9.62. The van der Waals surface area contributed by atoms with Gasteiger partial charge in [0.25, 0.3) is 0 Å². The highest BCUT2D eigenvalue weighted by Crippen LogP contribution is 2.48. The van der Waals surface area contributed by atoms with Crippen molar-refractivity contribution in [3.8, 4) is 0 Å². The summed E-state index contributed by atoms with van der Waals surface area (Å²) < 4.78 is 0. The molecular formula is C12H16O. The van der Waals surface area contributed by atoms with Crippen LogP contribution in [0, 0.1) is 11.3 Å². The molecular weight excluding hydrogens is 160 g/mol. The van der Waals surface area contributed by atoms with Crippen molar-refractivity contribution in [2.24, 2.45) is 11.3 Å². The maximum absolute atomic E-state index is 11.3. The summed E-state index contributed by atoms with van der Waals surface area (Å²) in [6.45, 7) is 6.35. The fraction of sp³-hybridized carbons (Fsp3) is 0.583. The second-order valence-electron chi connectivity index (χ2n) is 4.57. The Morgan fingerprint density at radius 3 is 3.15 bits per heavy atom. The van der Waals surface area contributed by atoms with Gasteiger partial charge < -0.3 is 0 Å². The Morgan fingerprint density at radius 2 is 2.38 bits per heavy atom. The largest absolute Gasteiger partial charge is 0.295 e. The summed E-state index contributed by atoms with van der Waals surface area (Å²) in [6, 6.07) is 0. The van der Waals surface area contributed by atoms with Gasteiger partial charge in [0.1, 0.15) is 0 Å². The molecule has 1 fully saturated rings. The molecule has 2 aliphatic rings. The first kappa shape index (κ1) is 8.74. The second kappa shape index (κ2) is 2.83. The molecule has 70 valence electrons. The Hall–Kier alpha value is -0.850. The van der Waals surface area contributed by atoms with E-state index in [1.165, 1.54) is 18.4 Å². The van der Waals surface area contributed by atoms with Crippen molar-refractivity contribution in [3.05, 3.63) is 24.3 Å². The molecule has 2 unspecified atom stereocenters. The minimum atomic E-state index is 0.225. The topological polar surface area (TPSA) is 17.1 Å². The number of hydrogen-bond donors (Lipinski definition) is 0. The normalized spacial score (nSPS) is 39.0. The van der Waals surface area contributed by atoms with Gasteiger partial charge in [-0.1, -0.05) is 25.2 Å². The SMILES string of the molecule is C=C1CCCC2(C)C=CC(=O)CC12. The van der Waals surface area contributed by atoms with Crippen LogP contribution in [0.4, 0.5) is 0 Å². The van der Waals surface area contributed by atoms with Crippen LogP contribution in [0.3, 0.4) is 0 Å². The number of allylic oxidation sites excluding steroid dienone is 3. The summed E-state index contributed by atoms with van der Waals surface area (Å²) in [5.74, 6) is 0.685. The summed E-state index contributed by atoms with van der Waals surface area (Å²) in [6.07, 6.45) is 8.10. The molecule has 13 heavy (non-hydrogen) atoms. The smallest absolute Gasteiger partial charge is 0.156 e. The molecule has 0 radical (unpaired) electrons. The van der Waals surface area contributed by atoms with E-state index in [1.807, 2.05) is 0 Å². The maximum Gasteiger partial charge on any atom is 0.156 e. The second-order valence-corrected chi connectivity index (χ2v) is 4.57. The molecule has 0 bridgehead atoms. The van der Waals surface area contributed by atoms with Crippen molar-refractivity contribution < 1.29 is 4.79 Å². The monoisotopic (exact) mass is 176 g/mol. The van der Waals surface area contributed by atoms with E-state index in [0.29, 0.717) is 12.3 Å². The molecule has 1 heteroatoms. The highest BCUT2D eigenvalue weighted by atomic mass is 16.1. The zero-order valence-corrected chi connectivity index (χ0v) is 8.18. The number of hydrogen-bond acceptors (Lipinski definition) is 1. The standard InChI is InChI=1S/C12H16O/c1-9-4-3-6-12(2)7-5-10(13)8-11(9)12/h5,7,11H,1,3-4,6,8H2,2H3. The van der Waals surface area contributed by atoms with Gasteiger partial charge in [0, 0.05) is 6.42 Å². The Kier molecular flexibility index (Phi) is 1.90. The molecule has 0 aromatic carbocycles. The Balaban J connectivity index is 2.33. The molecule has 2 rings (SSSR count). The van der Waals surface area contributed by atoms with Crippen LogP contribution in [0.25, 0.3) is 0 Å². The first-order valence-electron chi connectivity index (χ1n) is 5.01. The van der Waals surface area contributed by atoms with Crippen LogP contribution in [0.15, 0.2) is 24.3 Å². The molecule has 0 aromatic heterocycles. The fourth-order valence-corrected chi connectivity index (χ4v) is 2.64. The summed E-state index contributed by atoms with van der Waals surface area (Å²) in [5.41, 5.74) is 1.51. The van der Waals surface area contributed by atoms with Crippen molar-refractivity contribution >= 4 is 5.78 Å². The lowest BCUT2D eigenvalue weighted by molar-refractivity contribution is -0.116. The van der Waals surface area contributed by atoms with Gasteiger partial charge >= 0.3 is 0 Å². The lowest BCUT2D eigenvalue weighted by Crippen LogP contribution is -2.34. The first-order chi connectivity index (χ1) is 6.12. The van der Waals surface area contributed by atoms with Crippen LogP contribution in [0.2, 0.25) is 0 Å². The average molecular weight is 176 g/mol. The minimum Gasteiger partial charge on any atom is -0.295 e. The summed E-state index contributed by atoms with van der Waals surface area (Å²) in [7, 11) is 0. The van der Waals surface area contributed by atoms with Gasteiger partial charge in [-0.3, -0.25) is 4.79 Å². The van der Waals surface area contributed by atoms with E-state index in [9.17, 15) is 4.79 Å². The molecule has 0 N–H and O–H groups in total.